The SMILES string of the molecule is CC(C)(C)N(C(=O)O)[C@H]1CCC[C@@](C)(NC(=O)OCc2ccccc2)C1. The molecule has 0 unspecified atom stereocenters. The fourth-order valence-electron chi connectivity index (χ4n) is 3.78. The minimum absolute atomic E-state index is 0.124. The molecule has 1 aromatic rings. The monoisotopic (exact) mass is 362 g/mol. The Morgan fingerprint density at radius 1 is 1.31 bits per heavy atom. The minimum atomic E-state index is -0.918. The molecule has 1 aliphatic carbocycles. The first-order valence-electron chi connectivity index (χ1n) is 9.12. The average molecular weight is 362 g/mol. The number of nitrogens with one attached hydrogen (secondary N) is 1. The Kier molecular flexibility index (Phi) is 6.16. The van der Waals surface area contributed by atoms with Crippen LogP contribution in [-0.4, -0.2) is 39.3 Å². The van der Waals surface area contributed by atoms with Crippen LogP contribution in [0.4, 0.5) is 9.59 Å². The predicted octanol–water partition coefficient (Wildman–Crippen LogP) is 4.39. The molecule has 0 saturated heterocycles. The van der Waals surface area contributed by atoms with E-state index in [-0.39, 0.29) is 12.6 Å². The Labute approximate surface area is 155 Å². The fraction of sp³-hybridized carbons (Fsp3) is 0.600. The number of hydrogen-bond acceptors (Lipinski definition) is 3. The van der Waals surface area contributed by atoms with E-state index in [4.69, 9.17) is 4.74 Å². The maximum absolute atomic E-state index is 12.2. The molecule has 0 heterocycles. The molecule has 1 fully saturated rings. The summed E-state index contributed by atoms with van der Waals surface area (Å²) in [5.74, 6) is 0. The van der Waals surface area contributed by atoms with E-state index >= 15 is 0 Å². The molecule has 0 aromatic heterocycles. The van der Waals surface area contributed by atoms with Gasteiger partial charge >= 0.3 is 12.2 Å². The van der Waals surface area contributed by atoms with Gasteiger partial charge in [-0.15, -0.1) is 0 Å². The lowest BCUT2D eigenvalue weighted by Gasteiger charge is -2.46. The van der Waals surface area contributed by atoms with Gasteiger partial charge in [0.1, 0.15) is 6.61 Å². The molecule has 1 aliphatic rings. The highest BCUT2D eigenvalue weighted by atomic mass is 16.5. The molecule has 0 bridgehead atoms. The maximum Gasteiger partial charge on any atom is 0.407 e. The topological polar surface area (TPSA) is 78.9 Å². The van der Waals surface area contributed by atoms with Crippen molar-refractivity contribution in [3.8, 4) is 0 Å². The Morgan fingerprint density at radius 2 is 1.96 bits per heavy atom. The Hall–Kier alpha value is -2.24. The van der Waals surface area contributed by atoms with Crippen molar-refractivity contribution in [2.24, 2.45) is 0 Å². The van der Waals surface area contributed by atoms with Crippen molar-refractivity contribution in [3.63, 3.8) is 0 Å². The van der Waals surface area contributed by atoms with Gasteiger partial charge in [-0.05, 0) is 58.9 Å². The number of ether oxygens (including phenoxy) is 1. The highest BCUT2D eigenvalue weighted by Crippen LogP contribution is 2.34. The van der Waals surface area contributed by atoms with Crippen molar-refractivity contribution in [3.05, 3.63) is 35.9 Å². The molecule has 1 aromatic carbocycles. The summed E-state index contributed by atoms with van der Waals surface area (Å²) < 4.78 is 5.33. The third-order valence-electron chi connectivity index (χ3n) is 4.86. The van der Waals surface area contributed by atoms with Gasteiger partial charge in [0.25, 0.3) is 0 Å². The number of nitrogens with zero attached hydrogens (tertiary/aromatic N) is 1. The van der Waals surface area contributed by atoms with Gasteiger partial charge < -0.3 is 20.1 Å². The lowest BCUT2D eigenvalue weighted by atomic mass is 9.79. The van der Waals surface area contributed by atoms with Crippen LogP contribution in [0.2, 0.25) is 0 Å². The highest BCUT2D eigenvalue weighted by Gasteiger charge is 2.41. The van der Waals surface area contributed by atoms with E-state index in [1.807, 2.05) is 58.0 Å². The summed E-state index contributed by atoms with van der Waals surface area (Å²) in [5.41, 5.74) is -0.0304. The van der Waals surface area contributed by atoms with Crippen molar-refractivity contribution < 1.29 is 19.4 Å². The highest BCUT2D eigenvalue weighted by molar-refractivity contribution is 5.68. The molecule has 2 amide bonds. The Balaban J connectivity index is 1.97. The first kappa shape index (κ1) is 20.1. The van der Waals surface area contributed by atoms with Gasteiger partial charge in [0, 0.05) is 17.1 Å². The second-order valence-electron chi connectivity index (χ2n) is 8.32. The van der Waals surface area contributed by atoms with Gasteiger partial charge in [-0.25, -0.2) is 9.59 Å². The number of alkyl carbamates (subject to hydrolysis) is 1. The van der Waals surface area contributed by atoms with E-state index < -0.39 is 23.3 Å². The molecule has 2 rings (SSSR count). The Morgan fingerprint density at radius 3 is 2.54 bits per heavy atom. The summed E-state index contributed by atoms with van der Waals surface area (Å²) >= 11 is 0. The zero-order valence-corrected chi connectivity index (χ0v) is 16.1. The van der Waals surface area contributed by atoms with Crippen LogP contribution in [0.25, 0.3) is 0 Å². The van der Waals surface area contributed by atoms with Gasteiger partial charge in [0.15, 0.2) is 0 Å². The van der Waals surface area contributed by atoms with Crippen LogP contribution >= 0.6 is 0 Å². The number of carboxylic acid groups (broad SMARTS) is 1. The van der Waals surface area contributed by atoms with Gasteiger partial charge in [-0.1, -0.05) is 30.3 Å². The van der Waals surface area contributed by atoms with Gasteiger partial charge in [0.05, 0.1) is 0 Å². The van der Waals surface area contributed by atoms with E-state index in [1.54, 1.807) is 0 Å². The van der Waals surface area contributed by atoms with Crippen LogP contribution < -0.4 is 5.32 Å². The lowest BCUT2D eigenvalue weighted by Crippen LogP contribution is -2.58. The summed E-state index contributed by atoms with van der Waals surface area (Å²) in [5, 5.41) is 12.6. The van der Waals surface area contributed by atoms with Crippen LogP contribution in [0, 0.1) is 0 Å². The first-order valence-corrected chi connectivity index (χ1v) is 9.12. The van der Waals surface area contributed by atoms with Crippen molar-refractivity contribution >= 4 is 12.2 Å². The molecule has 6 heteroatoms. The summed E-state index contributed by atoms with van der Waals surface area (Å²) in [4.78, 5) is 25.5. The van der Waals surface area contributed by atoms with Crippen LogP contribution in [-0.2, 0) is 11.3 Å². The van der Waals surface area contributed by atoms with Gasteiger partial charge in [-0.3, -0.25) is 0 Å². The van der Waals surface area contributed by atoms with Crippen molar-refractivity contribution in [2.75, 3.05) is 0 Å². The number of carbonyl (C=O) groups excluding carboxylic acids is 1. The fourth-order valence-corrected chi connectivity index (χ4v) is 3.78. The van der Waals surface area contributed by atoms with E-state index in [1.165, 1.54) is 4.90 Å². The van der Waals surface area contributed by atoms with Crippen LogP contribution in [0.1, 0.15) is 58.9 Å². The quantitative estimate of drug-likeness (QED) is 0.832. The zero-order chi connectivity index (χ0) is 19.4. The molecule has 26 heavy (non-hydrogen) atoms. The van der Waals surface area contributed by atoms with Crippen molar-refractivity contribution in [1.82, 2.24) is 10.2 Å². The molecular weight excluding hydrogens is 332 g/mol. The number of benzene rings is 1. The summed E-state index contributed by atoms with van der Waals surface area (Å²) in [7, 11) is 0. The molecule has 144 valence electrons. The second-order valence-corrected chi connectivity index (χ2v) is 8.32. The standard InChI is InChI=1S/C20H30N2O4/c1-19(2,3)22(18(24)25)16-11-8-12-20(4,13-16)21-17(23)26-14-15-9-6-5-7-10-15/h5-7,9-10,16H,8,11-14H2,1-4H3,(H,21,23)(H,24,25)/t16-,20+/m0/s1. The zero-order valence-electron chi connectivity index (χ0n) is 16.1. The largest absolute Gasteiger partial charge is 0.465 e. The van der Waals surface area contributed by atoms with Crippen molar-refractivity contribution in [2.45, 2.75) is 77.1 Å². The van der Waals surface area contributed by atoms with Gasteiger partial charge in [-0.2, -0.15) is 0 Å². The molecule has 1 saturated carbocycles. The number of carbonyl (C=O) groups is 2. The summed E-state index contributed by atoms with van der Waals surface area (Å²) in [6, 6.07) is 9.39. The van der Waals surface area contributed by atoms with E-state index in [2.05, 4.69) is 5.32 Å². The summed E-state index contributed by atoms with van der Waals surface area (Å²) in [6.45, 7) is 7.87. The lowest BCUT2D eigenvalue weighted by molar-refractivity contribution is 0.0380. The minimum Gasteiger partial charge on any atom is -0.465 e. The van der Waals surface area contributed by atoms with E-state index in [9.17, 15) is 14.7 Å². The molecule has 2 N–H and O–H groups in total. The molecule has 6 nitrogen and oxygen atoms in total. The Bertz CT molecular complexity index is 626. The molecule has 2 atom stereocenters. The average Bonchev–Trinajstić information content (AvgIpc) is 2.52. The predicted molar refractivity (Wildman–Crippen MR) is 100 cm³/mol. The number of hydrogen-bond donors (Lipinski definition) is 2. The molecule has 0 radical (unpaired) electrons. The van der Waals surface area contributed by atoms with Crippen LogP contribution in [0.3, 0.4) is 0 Å². The van der Waals surface area contributed by atoms with Gasteiger partial charge in [0.2, 0.25) is 0 Å². The van der Waals surface area contributed by atoms with Crippen molar-refractivity contribution in [1.29, 1.82) is 0 Å². The van der Waals surface area contributed by atoms with Crippen LogP contribution in [0.5, 0.6) is 0 Å². The maximum atomic E-state index is 12.2. The smallest absolute Gasteiger partial charge is 0.407 e. The molecule has 0 aliphatic heterocycles. The summed E-state index contributed by atoms with van der Waals surface area (Å²) in [6.07, 6.45) is 1.67. The molecule has 0 spiro atoms. The normalized spacial score (nSPS) is 23.2. The first-order chi connectivity index (χ1) is 12.1. The number of amides is 2. The third kappa shape index (κ3) is 5.38. The van der Waals surface area contributed by atoms with E-state index in [0.29, 0.717) is 6.42 Å². The number of rotatable bonds is 4. The molecular formula is C20H30N2O4. The third-order valence-corrected chi connectivity index (χ3v) is 4.86. The van der Waals surface area contributed by atoms with Crippen LogP contribution in [0.15, 0.2) is 30.3 Å². The second kappa shape index (κ2) is 7.98. The van der Waals surface area contributed by atoms with E-state index in [0.717, 1.165) is 24.8 Å².